The first-order valence-corrected chi connectivity index (χ1v) is 10.2. The summed E-state index contributed by atoms with van der Waals surface area (Å²) in [6.07, 6.45) is 0.324. The van der Waals surface area contributed by atoms with Crippen molar-refractivity contribution >= 4 is 18.1 Å². The van der Waals surface area contributed by atoms with Crippen molar-refractivity contribution < 1.29 is 14.3 Å². The summed E-state index contributed by atoms with van der Waals surface area (Å²) in [5.74, 6) is 2.33. The Balaban J connectivity index is 1.64. The minimum Gasteiger partial charge on any atom is -0.497 e. The molecule has 0 atom stereocenters. The molecule has 1 heterocycles. The molecule has 3 aromatic rings. The second kappa shape index (κ2) is 10.1. The standard InChI is InChI=1S/C22H26N4O3S/c1-4-29-19-11-7-17(8-12-19)21-23-24-22(30)26(21)14-13-20(27)25(2)15-16-5-9-18(28-3)10-6-16/h5-12H,4,13-15H2,1-3H3,(H,24,30). The highest BCUT2D eigenvalue weighted by Crippen LogP contribution is 2.21. The van der Waals surface area contributed by atoms with Gasteiger partial charge in [0.15, 0.2) is 10.6 Å². The molecule has 158 valence electrons. The molecule has 0 bridgehead atoms. The van der Waals surface area contributed by atoms with Crippen LogP contribution >= 0.6 is 12.2 Å². The van der Waals surface area contributed by atoms with E-state index in [0.29, 0.717) is 36.7 Å². The lowest BCUT2D eigenvalue weighted by Crippen LogP contribution is -2.27. The number of methoxy groups -OCH3 is 1. The molecule has 7 nitrogen and oxygen atoms in total. The molecule has 0 spiro atoms. The maximum absolute atomic E-state index is 12.6. The van der Waals surface area contributed by atoms with Gasteiger partial charge in [-0.2, -0.15) is 5.10 Å². The molecule has 3 rings (SSSR count). The molecular formula is C22H26N4O3S. The molecule has 0 unspecified atom stereocenters. The predicted molar refractivity (Wildman–Crippen MR) is 118 cm³/mol. The van der Waals surface area contributed by atoms with Crippen LogP contribution in [-0.2, 0) is 17.9 Å². The van der Waals surface area contributed by atoms with E-state index in [4.69, 9.17) is 21.7 Å². The molecule has 0 saturated carbocycles. The first-order chi connectivity index (χ1) is 14.5. The number of carbonyl (C=O) groups is 1. The van der Waals surface area contributed by atoms with E-state index in [1.165, 1.54) is 0 Å². The fourth-order valence-electron chi connectivity index (χ4n) is 3.10. The van der Waals surface area contributed by atoms with Crippen LogP contribution in [0.25, 0.3) is 11.4 Å². The van der Waals surface area contributed by atoms with E-state index in [-0.39, 0.29) is 5.91 Å². The number of rotatable bonds is 9. The smallest absolute Gasteiger partial charge is 0.224 e. The van der Waals surface area contributed by atoms with Crippen molar-refractivity contribution in [2.75, 3.05) is 20.8 Å². The van der Waals surface area contributed by atoms with Crippen LogP contribution in [0, 0.1) is 4.77 Å². The predicted octanol–water partition coefficient (Wildman–Crippen LogP) is 4.06. The van der Waals surface area contributed by atoms with Gasteiger partial charge in [-0.25, -0.2) is 0 Å². The number of hydrogen-bond donors (Lipinski definition) is 1. The van der Waals surface area contributed by atoms with Crippen molar-refractivity contribution in [1.29, 1.82) is 0 Å². The van der Waals surface area contributed by atoms with Crippen LogP contribution in [0.4, 0.5) is 0 Å². The van der Waals surface area contributed by atoms with Crippen LogP contribution in [0.2, 0.25) is 0 Å². The van der Waals surface area contributed by atoms with Crippen LogP contribution < -0.4 is 9.47 Å². The molecule has 0 aliphatic rings. The number of nitrogens with one attached hydrogen (secondary N) is 1. The number of aromatic nitrogens is 3. The van der Waals surface area contributed by atoms with Crippen LogP contribution in [0.1, 0.15) is 18.9 Å². The van der Waals surface area contributed by atoms with Crippen molar-refractivity contribution in [3.05, 3.63) is 58.9 Å². The number of benzene rings is 2. The highest BCUT2D eigenvalue weighted by Gasteiger charge is 2.14. The van der Waals surface area contributed by atoms with Crippen molar-refractivity contribution in [2.45, 2.75) is 26.4 Å². The van der Waals surface area contributed by atoms with Gasteiger partial charge >= 0.3 is 0 Å². The minimum absolute atomic E-state index is 0.0339. The van der Waals surface area contributed by atoms with Crippen molar-refractivity contribution in [3.63, 3.8) is 0 Å². The van der Waals surface area contributed by atoms with Gasteiger partial charge < -0.3 is 14.4 Å². The number of aromatic amines is 1. The van der Waals surface area contributed by atoms with Gasteiger partial charge in [0.05, 0.1) is 13.7 Å². The maximum atomic E-state index is 12.6. The third-order valence-electron chi connectivity index (χ3n) is 4.74. The van der Waals surface area contributed by atoms with Crippen LogP contribution in [0.5, 0.6) is 11.5 Å². The van der Waals surface area contributed by atoms with E-state index < -0.39 is 0 Å². The second-order valence-electron chi connectivity index (χ2n) is 6.81. The topological polar surface area (TPSA) is 72.4 Å². The Kier molecular flexibility index (Phi) is 7.24. The zero-order valence-electron chi connectivity index (χ0n) is 17.4. The van der Waals surface area contributed by atoms with Gasteiger partial charge in [-0.1, -0.05) is 12.1 Å². The molecule has 30 heavy (non-hydrogen) atoms. The van der Waals surface area contributed by atoms with Gasteiger partial charge in [-0.15, -0.1) is 0 Å². The molecule has 0 radical (unpaired) electrons. The molecule has 1 aromatic heterocycles. The average molecular weight is 427 g/mol. The lowest BCUT2D eigenvalue weighted by atomic mass is 10.2. The highest BCUT2D eigenvalue weighted by molar-refractivity contribution is 7.71. The average Bonchev–Trinajstić information content (AvgIpc) is 3.13. The van der Waals surface area contributed by atoms with Crippen LogP contribution in [0.3, 0.4) is 0 Å². The molecule has 0 aliphatic heterocycles. The van der Waals surface area contributed by atoms with E-state index >= 15 is 0 Å². The Labute approximate surface area is 181 Å². The number of amides is 1. The molecular weight excluding hydrogens is 400 g/mol. The Morgan fingerprint density at radius 1 is 1.13 bits per heavy atom. The molecule has 0 fully saturated rings. The number of ether oxygens (including phenoxy) is 2. The highest BCUT2D eigenvalue weighted by atomic mass is 32.1. The Morgan fingerprint density at radius 2 is 1.80 bits per heavy atom. The summed E-state index contributed by atoms with van der Waals surface area (Å²) in [6.45, 7) is 3.54. The van der Waals surface area contributed by atoms with Gasteiger partial charge in [0.2, 0.25) is 5.91 Å². The monoisotopic (exact) mass is 426 g/mol. The van der Waals surface area contributed by atoms with E-state index in [2.05, 4.69) is 10.2 Å². The molecule has 8 heteroatoms. The number of carbonyl (C=O) groups excluding carboxylic acids is 1. The third-order valence-corrected chi connectivity index (χ3v) is 5.05. The quantitative estimate of drug-likeness (QED) is 0.523. The maximum Gasteiger partial charge on any atom is 0.224 e. The van der Waals surface area contributed by atoms with Crippen LogP contribution in [-0.4, -0.2) is 46.3 Å². The van der Waals surface area contributed by atoms with Crippen molar-refractivity contribution in [3.8, 4) is 22.9 Å². The second-order valence-corrected chi connectivity index (χ2v) is 7.20. The Morgan fingerprint density at radius 3 is 2.43 bits per heavy atom. The zero-order valence-corrected chi connectivity index (χ0v) is 18.2. The summed E-state index contributed by atoms with van der Waals surface area (Å²) >= 11 is 5.37. The Hall–Kier alpha value is -3.13. The first kappa shape index (κ1) is 21.6. The van der Waals surface area contributed by atoms with E-state index in [1.54, 1.807) is 19.1 Å². The fraction of sp³-hybridized carbons (Fsp3) is 0.318. The SMILES string of the molecule is CCOc1ccc(-c2n[nH]c(=S)n2CCC(=O)N(C)Cc2ccc(OC)cc2)cc1. The number of H-pyrrole nitrogens is 1. The zero-order chi connectivity index (χ0) is 21.5. The summed E-state index contributed by atoms with van der Waals surface area (Å²) in [7, 11) is 3.43. The fourth-order valence-corrected chi connectivity index (χ4v) is 3.33. The molecule has 0 saturated heterocycles. The van der Waals surface area contributed by atoms with E-state index in [1.807, 2.05) is 60.0 Å². The van der Waals surface area contributed by atoms with Crippen LogP contribution in [0.15, 0.2) is 48.5 Å². The summed E-state index contributed by atoms with van der Waals surface area (Å²) in [5, 5.41) is 7.16. The van der Waals surface area contributed by atoms with Gasteiger partial charge in [0.25, 0.3) is 0 Å². The summed E-state index contributed by atoms with van der Waals surface area (Å²) in [4.78, 5) is 14.4. The number of hydrogen-bond acceptors (Lipinski definition) is 5. The Bertz CT molecular complexity index is 1030. The van der Waals surface area contributed by atoms with E-state index in [9.17, 15) is 4.79 Å². The number of nitrogens with zero attached hydrogens (tertiary/aromatic N) is 3. The normalized spacial score (nSPS) is 10.6. The summed E-state index contributed by atoms with van der Waals surface area (Å²) in [5.41, 5.74) is 1.95. The minimum atomic E-state index is 0.0339. The van der Waals surface area contributed by atoms with Gasteiger partial charge in [0, 0.05) is 32.1 Å². The lowest BCUT2D eigenvalue weighted by molar-refractivity contribution is -0.130. The van der Waals surface area contributed by atoms with E-state index in [0.717, 1.165) is 22.6 Å². The molecule has 1 amide bonds. The summed E-state index contributed by atoms with van der Waals surface area (Å²) < 4.78 is 13.0. The van der Waals surface area contributed by atoms with Gasteiger partial charge in [-0.05, 0) is 61.1 Å². The van der Waals surface area contributed by atoms with Crippen molar-refractivity contribution in [1.82, 2.24) is 19.7 Å². The van der Waals surface area contributed by atoms with Gasteiger partial charge in [-0.3, -0.25) is 14.5 Å². The molecule has 2 aromatic carbocycles. The molecule has 1 N–H and O–H groups in total. The first-order valence-electron chi connectivity index (χ1n) is 9.77. The van der Waals surface area contributed by atoms with Gasteiger partial charge in [0.1, 0.15) is 11.5 Å². The summed E-state index contributed by atoms with van der Waals surface area (Å²) in [6, 6.07) is 15.4. The largest absolute Gasteiger partial charge is 0.497 e. The van der Waals surface area contributed by atoms with Crippen molar-refractivity contribution in [2.24, 2.45) is 0 Å². The molecule has 0 aliphatic carbocycles. The lowest BCUT2D eigenvalue weighted by Gasteiger charge is -2.18. The third kappa shape index (κ3) is 5.27.